The molecule has 0 saturated heterocycles. The summed E-state index contributed by atoms with van der Waals surface area (Å²) in [6.07, 6.45) is -1.84. The molecule has 202 valence electrons. The van der Waals surface area contributed by atoms with E-state index in [-0.39, 0.29) is 17.0 Å². The first-order chi connectivity index (χ1) is 18.6. The number of benzene rings is 4. The Hall–Kier alpha value is -4.11. The Morgan fingerprint density at radius 1 is 0.769 bits per heavy atom. The largest absolute Gasteiger partial charge is 0.432 e. The number of hydrogen-bond acceptors (Lipinski definition) is 3. The average Bonchev–Trinajstić information content (AvgIpc) is 2.89. The van der Waals surface area contributed by atoms with Crippen molar-refractivity contribution in [3.63, 3.8) is 0 Å². The molecule has 1 atom stereocenters. The fourth-order valence-electron chi connectivity index (χ4n) is 4.12. The van der Waals surface area contributed by atoms with E-state index in [0.29, 0.717) is 36.6 Å². The minimum Gasteiger partial charge on any atom is -0.429 e. The maximum atomic E-state index is 14.9. The molecular formula is C30H24F6N2O. The summed E-state index contributed by atoms with van der Waals surface area (Å²) < 4.78 is 91.6. The van der Waals surface area contributed by atoms with Crippen LogP contribution in [0, 0.1) is 34.6 Å². The van der Waals surface area contributed by atoms with Gasteiger partial charge < -0.3 is 15.9 Å². The Bertz CT molecular complexity index is 1430. The van der Waals surface area contributed by atoms with Crippen LogP contribution in [0.4, 0.5) is 26.3 Å². The van der Waals surface area contributed by atoms with Gasteiger partial charge in [-0.05, 0) is 77.7 Å². The summed E-state index contributed by atoms with van der Waals surface area (Å²) in [5, 5.41) is 7.33. The zero-order valence-electron chi connectivity index (χ0n) is 20.5. The molecule has 0 aromatic heterocycles. The summed E-state index contributed by atoms with van der Waals surface area (Å²) in [4.78, 5) is 0. The number of hydrogen-bond donors (Lipinski definition) is 2. The number of nitrogens with one attached hydrogen (secondary N) is 1. The van der Waals surface area contributed by atoms with Gasteiger partial charge in [0, 0.05) is 24.1 Å². The fraction of sp³-hybridized carbons (Fsp3) is 0.167. The maximum absolute atomic E-state index is 14.9. The molecule has 1 unspecified atom stereocenters. The highest BCUT2D eigenvalue weighted by Crippen LogP contribution is 2.38. The van der Waals surface area contributed by atoms with Crippen molar-refractivity contribution in [2.45, 2.75) is 19.0 Å². The van der Waals surface area contributed by atoms with Crippen LogP contribution in [0.5, 0.6) is 5.75 Å². The first kappa shape index (κ1) is 27.9. The van der Waals surface area contributed by atoms with Crippen LogP contribution in [0.25, 0.3) is 22.3 Å². The van der Waals surface area contributed by atoms with E-state index in [1.807, 2.05) is 0 Å². The second-order valence-corrected chi connectivity index (χ2v) is 8.98. The van der Waals surface area contributed by atoms with Gasteiger partial charge in [-0.1, -0.05) is 36.4 Å². The molecule has 9 heteroatoms. The zero-order chi connectivity index (χ0) is 28.2. The number of halogens is 6. The van der Waals surface area contributed by atoms with Gasteiger partial charge in [-0.2, -0.15) is 8.78 Å². The molecule has 0 aliphatic rings. The molecule has 4 aromatic rings. The Labute approximate surface area is 221 Å². The molecule has 0 spiro atoms. The number of alkyl halides is 2. The summed E-state index contributed by atoms with van der Waals surface area (Å²) in [6.45, 7) is 0.358. The van der Waals surface area contributed by atoms with Gasteiger partial charge in [0.05, 0.1) is 0 Å². The number of ether oxygens (including phenoxy) is 1. The van der Waals surface area contributed by atoms with E-state index in [9.17, 15) is 26.3 Å². The molecule has 0 fully saturated rings. The van der Waals surface area contributed by atoms with Gasteiger partial charge in [-0.15, -0.1) is 0 Å². The number of aryl methyl sites for hydroxylation is 1. The van der Waals surface area contributed by atoms with Gasteiger partial charge >= 0.3 is 6.11 Å². The first-order valence-electron chi connectivity index (χ1n) is 12.0. The van der Waals surface area contributed by atoms with Crippen molar-refractivity contribution in [2.75, 3.05) is 6.54 Å². The SMILES string of the molecule is N=CC(CN)CCc1ccc(-c2cc(F)c(C(F)(F)Oc3ccc(-c4ccc(F)cc4)c(F)c3)c(F)c2)cc1. The van der Waals surface area contributed by atoms with E-state index < -0.39 is 40.7 Å². The maximum Gasteiger partial charge on any atom is 0.432 e. The molecule has 4 rings (SSSR count). The molecule has 0 aliphatic heterocycles. The minimum absolute atomic E-state index is 0.00678. The number of nitrogens with two attached hydrogens (primary N) is 1. The van der Waals surface area contributed by atoms with Gasteiger partial charge in [0.2, 0.25) is 0 Å². The van der Waals surface area contributed by atoms with Gasteiger partial charge in [-0.25, -0.2) is 17.6 Å². The molecule has 4 aromatic carbocycles. The van der Waals surface area contributed by atoms with Crippen LogP contribution < -0.4 is 10.5 Å². The Morgan fingerprint density at radius 2 is 1.38 bits per heavy atom. The lowest BCUT2D eigenvalue weighted by molar-refractivity contribution is -0.189. The summed E-state index contributed by atoms with van der Waals surface area (Å²) >= 11 is 0. The van der Waals surface area contributed by atoms with Crippen molar-refractivity contribution in [3.8, 4) is 28.0 Å². The molecular weight excluding hydrogens is 518 g/mol. The van der Waals surface area contributed by atoms with Gasteiger partial charge in [0.1, 0.15) is 34.6 Å². The molecule has 0 bridgehead atoms. The molecule has 3 nitrogen and oxygen atoms in total. The third-order valence-electron chi connectivity index (χ3n) is 6.30. The summed E-state index contributed by atoms with van der Waals surface area (Å²) in [6, 6.07) is 16.0. The van der Waals surface area contributed by atoms with Crippen LogP contribution in [-0.2, 0) is 12.5 Å². The van der Waals surface area contributed by atoms with Crippen LogP contribution in [0.2, 0.25) is 0 Å². The van der Waals surface area contributed by atoms with Gasteiger partial charge in [0.25, 0.3) is 0 Å². The van der Waals surface area contributed by atoms with E-state index in [1.54, 1.807) is 24.3 Å². The normalized spacial score (nSPS) is 12.3. The second kappa shape index (κ2) is 11.7. The average molecular weight is 543 g/mol. The van der Waals surface area contributed by atoms with Crippen molar-refractivity contribution >= 4 is 6.21 Å². The third-order valence-corrected chi connectivity index (χ3v) is 6.30. The molecule has 0 saturated carbocycles. The molecule has 0 radical (unpaired) electrons. The fourth-order valence-corrected chi connectivity index (χ4v) is 4.12. The third kappa shape index (κ3) is 6.49. The monoisotopic (exact) mass is 542 g/mol. The van der Waals surface area contributed by atoms with E-state index in [1.165, 1.54) is 18.3 Å². The highest BCUT2D eigenvalue weighted by Gasteiger charge is 2.41. The van der Waals surface area contributed by atoms with Crippen molar-refractivity contribution in [2.24, 2.45) is 11.7 Å². The van der Waals surface area contributed by atoms with Crippen molar-refractivity contribution in [1.82, 2.24) is 0 Å². The van der Waals surface area contributed by atoms with Crippen molar-refractivity contribution < 1.29 is 31.1 Å². The lowest BCUT2D eigenvalue weighted by Crippen LogP contribution is -2.25. The van der Waals surface area contributed by atoms with Gasteiger partial charge in [-0.3, -0.25) is 0 Å². The minimum atomic E-state index is -4.45. The van der Waals surface area contributed by atoms with Crippen LogP contribution >= 0.6 is 0 Å². The van der Waals surface area contributed by atoms with Gasteiger partial charge in [0.15, 0.2) is 0 Å². The predicted octanol–water partition coefficient (Wildman–Crippen LogP) is 7.86. The summed E-state index contributed by atoms with van der Waals surface area (Å²) in [5.74, 6) is -5.22. The standard InChI is InChI=1S/C30H24F6N2O/c31-23-9-7-21(8-10-23)25-12-11-24(15-26(25)32)39-30(35,36)29-27(33)13-22(14-28(29)34)20-5-3-18(4-6-20)1-2-19(16-37)17-38/h3-16,19,37H,1-2,17,38H2. The van der Waals surface area contributed by atoms with Crippen LogP contribution in [0.1, 0.15) is 17.5 Å². The van der Waals surface area contributed by atoms with Crippen molar-refractivity contribution in [3.05, 3.63) is 113 Å². The Balaban J connectivity index is 1.52. The molecule has 3 N–H and O–H groups in total. The lowest BCUT2D eigenvalue weighted by Gasteiger charge is -2.20. The Kier molecular flexibility index (Phi) is 8.40. The topological polar surface area (TPSA) is 59.1 Å². The first-order valence-corrected chi connectivity index (χ1v) is 12.0. The smallest absolute Gasteiger partial charge is 0.429 e. The van der Waals surface area contributed by atoms with E-state index >= 15 is 0 Å². The van der Waals surface area contributed by atoms with E-state index in [4.69, 9.17) is 11.1 Å². The zero-order valence-corrected chi connectivity index (χ0v) is 20.5. The molecule has 39 heavy (non-hydrogen) atoms. The molecule has 0 heterocycles. The van der Waals surface area contributed by atoms with E-state index in [0.717, 1.165) is 42.0 Å². The summed E-state index contributed by atoms with van der Waals surface area (Å²) in [7, 11) is 0. The van der Waals surface area contributed by atoms with Crippen LogP contribution in [-0.4, -0.2) is 12.8 Å². The number of rotatable bonds is 10. The highest BCUT2D eigenvalue weighted by atomic mass is 19.3. The van der Waals surface area contributed by atoms with Crippen LogP contribution in [0.15, 0.2) is 78.9 Å². The van der Waals surface area contributed by atoms with Crippen molar-refractivity contribution in [1.29, 1.82) is 5.41 Å². The quantitative estimate of drug-likeness (QED) is 0.158. The molecule has 0 aliphatic carbocycles. The lowest BCUT2D eigenvalue weighted by atomic mass is 9.97. The second-order valence-electron chi connectivity index (χ2n) is 8.98. The van der Waals surface area contributed by atoms with Crippen LogP contribution in [0.3, 0.4) is 0 Å². The summed E-state index contributed by atoms with van der Waals surface area (Å²) in [5.41, 5.74) is 5.68. The van der Waals surface area contributed by atoms with E-state index in [2.05, 4.69) is 4.74 Å². The highest BCUT2D eigenvalue weighted by molar-refractivity contribution is 5.66. The predicted molar refractivity (Wildman–Crippen MR) is 138 cm³/mol. The molecule has 0 amide bonds. The Morgan fingerprint density at radius 3 is 1.95 bits per heavy atom.